The zero-order chi connectivity index (χ0) is 15.5. The summed E-state index contributed by atoms with van der Waals surface area (Å²) in [5.41, 5.74) is 0.648. The molecule has 1 fully saturated rings. The molecule has 6 heteroatoms. The number of rotatable bonds is 4. The van der Waals surface area contributed by atoms with E-state index < -0.39 is 0 Å². The van der Waals surface area contributed by atoms with E-state index in [2.05, 4.69) is 10.4 Å². The summed E-state index contributed by atoms with van der Waals surface area (Å²) >= 11 is 12.2. The second kappa shape index (κ2) is 6.71. The highest BCUT2D eigenvalue weighted by Crippen LogP contribution is 2.31. The van der Waals surface area contributed by atoms with Gasteiger partial charge in [0.25, 0.3) is 0 Å². The van der Waals surface area contributed by atoms with Crippen LogP contribution in [0.3, 0.4) is 0 Å². The molecule has 1 amide bonds. The first-order valence-corrected chi connectivity index (χ1v) is 8.17. The third-order valence-corrected chi connectivity index (χ3v) is 4.72. The Hall–Kier alpha value is -1.52. The number of anilines is 1. The van der Waals surface area contributed by atoms with Crippen LogP contribution >= 0.6 is 23.2 Å². The van der Waals surface area contributed by atoms with Crippen molar-refractivity contribution in [1.82, 2.24) is 9.78 Å². The van der Waals surface area contributed by atoms with Gasteiger partial charge in [-0.1, -0.05) is 42.1 Å². The summed E-state index contributed by atoms with van der Waals surface area (Å²) in [7, 11) is 0. The van der Waals surface area contributed by atoms with Gasteiger partial charge in [-0.15, -0.1) is 0 Å². The molecule has 1 heterocycles. The van der Waals surface area contributed by atoms with E-state index in [0.29, 0.717) is 21.7 Å². The topological polar surface area (TPSA) is 46.9 Å². The number of nitrogens with one attached hydrogen (secondary N) is 1. The fraction of sp³-hybridized carbons (Fsp3) is 0.375. The van der Waals surface area contributed by atoms with E-state index in [1.165, 1.54) is 12.8 Å². The van der Waals surface area contributed by atoms with Crippen molar-refractivity contribution < 1.29 is 4.79 Å². The van der Waals surface area contributed by atoms with Gasteiger partial charge in [0.2, 0.25) is 5.91 Å². The van der Waals surface area contributed by atoms with Crippen LogP contribution in [0.15, 0.2) is 30.5 Å². The van der Waals surface area contributed by atoms with Crippen LogP contribution in [0.5, 0.6) is 0 Å². The molecule has 0 bridgehead atoms. The lowest BCUT2D eigenvalue weighted by Gasteiger charge is -2.15. The van der Waals surface area contributed by atoms with Crippen LogP contribution in [0.1, 0.15) is 37.3 Å². The number of nitrogens with zero attached hydrogens (tertiary/aromatic N) is 2. The van der Waals surface area contributed by atoms with Crippen molar-refractivity contribution in [3.05, 3.63) is 46.1 Å². The maximum absolute atomic E-state index is 12.3. The number of halogens is 2. The van der Waals surface area contributed by atoms with E-state index in [1.807, 2.05) is 10.7 Å². The first-order chi connectivity index (χ1) is 10.6. The molecule has 1 N–H and O–H groups in total. The predicted molar refractivity (Wildman–Crippen MR) is 88.5 cm³/mol. The monoisotopic (exact) mass is 337 g/mol. The zero-order valence-corrected chi connectivity index (χ0v) is 13.6. The van der Waals surface area contributed by atoms with Gasteiger partial charge in [-0.25, -0.2) is 4.68 Å². The zero-order valence-electron chi connectivity index (χ0n) is 12.1. The third kappa shape index (κ3) is 3.28. The van der Waals surface area contributed by atoms with E-state index >= 15 is 0 Å². The van der Waals surface area contributed by atoms with Crippen LogP contribution in [-0.4, -0.2) is 15.7 Å². The molecular formula is C16H17Cl2N3O. The van der Waals surface area contributed by atoms with Gasteiger partial charge in [0.05, 0.1) is 18.7 Å². The molecule has 22 heavy (non-hydrogen) atoms. The Balaban J connectivity index is 1.71. The average molecular weight is 338 g/mol. The minimum Gasteiger partial charge on any atom is -0.311 e. The molecule has 0 radical (unpaired) electrons. The summed E-state index contributed by atoms with van der Waals surface area (Å²) in [6.45, 7) is 0. The van der Waals surface area contributed by atoms with Crippen LogP contribution in [-0.2, 0) is 11.2 Å². The number of benzene rings is 1. The Labute approximate surface area is 139 Å². The van der Waals surface area contributed by atoms with Gasteiger partial charge in [-0.2, -0.15) is 5.10 Å². The molecule has 3 rings (SSSR count). The fourth-order valence-electron chi connectivity index (χ4n) is 2.90. The first kappa shape index (κ1) is 15.4. The number of amides is 1. The van der Waals surface area contributed by atoms with Gasteiger partial charge < -0.3 is 5.32 Å². The lowest BCUT2D eigenvalue weighted by Crippen LogP contribution is -2.19. The second-order valence-electron chi connectivity index (χ2n) is 5.52. The maximum Gasteiger partial charge on any atom is 0.230 e. The molecule has 0 aliphatic heterocycles. The number of carbonyl (C=O) groups excluding carboxylic acids is 1. The van der Waals surface area contributed by atoms with E-state index in [1.54, 1.807) is 24.4 Å². The van der Waals surface area contributed by atoms with E-state index in [9.17, 15) is 4.79 Å². The normalized spacial score (nSPS) is 15.2. The average Bonchev–Trinajstić information content (AvgIpc) is 3.13. The maximum atomic E-state index is 12.3. The molecule has 0 saturated heterocycles. The molecule has 0 atom stereocenters. The number of aromatic nitrogens is 2. The lowest BCUT2D eigenvalue weighted by molar-refractivity contribution is -0.115. The Morgan fingerprint density at radius 1 is 1.23 bits per heavy atom. The Morgan fingerprint density at radius 2 is 1.91 bits per heavy atom. The first-order valence-electron chi connectivity index (χ1n) is 7.41. The molecule has 0 spiro atoms. The highest BCUT2D eigenvalue weighted by Gasteiger charge is 2.21. The van der Waals surface area contributed by atoms with Crippen molar-refractivity contribution in [1.29, 1.82) is 0 Å². The molecule has 0 unspecified atom stereocenters. The van der Waals surface area contributed by atoms with Crippen LogP contribution in [0.25, 0.3) is 0 Å². The molecule has 116 valence electrons. The van der Waals surface area contributed by atoms with Gasteiger partial charge in [-0.05, 0) is 30.5 Å². The van der Waals surface area contributed by atoms with Gasteiger partial charge in [-0.3, -0.25) is 4.79 Å². The molecule has 1 aliphatic rings. The summed E-state index contributed by atoms with van der Waals surface area (Å²) in [6, 6.07) is 7.44. The summed E-state index contributed by atoms with van der Waals surface area (Å²) < 4.78 is 1.92. The standard InChI is InChI=1S/C16H17Cl2N3O/c17-13-6-3-7-14(18)12(13)10-16(22)20-15-8-9-19-21(15)11-4-1-2-5-11/h3,6-9,11H,1-2,4-5,10H2,(H,20,22). The summed E-state index contributed by atoms with van der Waals surface area (Å²) in [5.74, 6) is 0.592. The van der Waals surface area contributed by atoms with Crippen LogP contribution in [0, 0.1) is 0 Å². The lowest BCUT2D eigenvalue weighted by atomic mass is 10.1. The second-order valence-corrected chi connectivity index (χ2v) is 6.34. The van der Waals surface area contributed by atoms with Gasteiger partial charge in [0.15, 0.2) is 0 Å². The summed E-state index contributed by atoms with van der Waals surface area (Å²) in [6.07, 6.45) is 6.52. The number of hydrogen-bond donors (Lipinski definition) is 1. The van der Waals surface area contributed by atoms with Crippen molar-refractivity contribution in [2.75, 3.05) is 5.32 Å². The molecule has 1 saturated carbocycles. The largest absolute Gasteiger partial charge is 0.311 e. The van der Waals surface area contributed by atoms with Crippen molar-refractivity contribution >= 4 is 34.9 Å². The van der Waals surface area contributed by atoms with Crippen molar-refractivity contribution in [2.24, 2.45) is 0 Å². The van der Waals surface area contributed by atoms with Crippen molar-refractivity contribution in [3.8, 4) is 0 Å². The smallest absolute Gasteiger partial charge is 0.230 e. The third-order valence-electron chi connectivity index (χ3n) is 4.01. The SMILES string of the molecule is O=C(Cc1c(Cl)cccc1Cl)Nc1ccnn1C1CCCC1. The Bertz CT molecular complexity index is 658. The highest BCUT2D eigenvalue weighted by molar-refractivity contribution is 6.36. The Kier molecular flexibility index (Phi) is 4.69. The van der Waals surface area contributed by atoms with E-state index in [0.717, 1.165) is 18.7 Å². The minimum atomic E-state index is -0.144. The molecule has 1 aliphatic carbocycles. The molecule has 2 aromatic rings. The van der Waals surface area contributed by atoms with Gasteiger partial charge in [0.1, 0.15) is 5.82 Å². The molecule has 1 aromatic carbocycles. The highest BCUT2D eigenvalue weighted by atomic mass is 35.5. The number of carbonyl (C=O) groups is 1. The van der Waals surface area contributed by atoms with Crippen LogP contribution < -0.4 is 5.32 Å². The van der Waals surface area contributed by atoms with Crippen molar-refractivity contribution in [3.63, 3.8) is 0 Å². The van der Waals surface area contributed by atoms with Crippen LogP contribution in [0.2, 0.25) is 10.0 Å². The van der Waals surface area contributed by atoms with E-state index in [-0.39, 0.29) is 12.3 Å². The van der Waals surface area contributed by atoms with Gasteiger partial charge >= 0.3 is 0 Å². The predicted octanol–water partition coefficient (Wildman–Crippen LogP) is 4.49. The number of hydrogen-bond acceptors (Lipinski definition) is 2. The van der Waals surface area contributed by atoms with Crippen LogP contribution in [0.4, 0.5) is 5.82 Å². The minimum absolute atomic E-state index is 0.144. The fourth-order valence-corrected chi connectivity index (χ4v) is 3.43. The molecule has 4 nitrogen and oxygen atoms in total. The molecular weight excluding hydrogens is 321 g/mol. The quantitative estimate of drug-likeness (QED) is 0.893. The van der Waals surface area contributed by atoms with Crippen molar-refractivity contribution in [2.45, 2.75) is 38.1 Å². The Morgan fingerprint density at radius 3 is 2.59 bits per heavy atom. The summed E-state index contributed by atoms with van der Waals surface area (Å²) in [4.78, 5) is 12.3. The summed E-state index contributed by atoms with van der Waals surface area (Å²) in [5, 5.41) is 8.27. The molecule has 1 aromatic heterocycles. The van der Waals surface area contributed by atoms with Gasteiger partial charge in [0, 0.05) is 16.1 Å². The van der Waals surface area contributed by atoms with E-state index in [4.69, 9.17) is 23.2 Å².